The van der Waals surface area contributed by atoms with Gasteiger partial charge >= 0.3 is 16.6 Å². The van der Waals surface area contributed by atoms with Gasteiger partial charge in [0.05, 0.1) is 12.7 Å². The summed E-state index contributed by atoms with van der Waals surface area (Å²) in [7, 11) is 3.02. The predicted molar refractivity (Wildman–Crippen MR) is 115 cm³/mol. The molecule has 0 spiro atoms. The zero-order chi connectivity index (χ0) is 22.1. The number of aromatic amines is 1. The molecule has 0 fully saturated rings. The number of H-pyrrole nitrogens is 1. The molecule has 0 saturated heterocycles. The van der Waals surface area contributed by atoms with Gasteiger partial charge in [-0.15, -0.1) is 11.3 Å². The van der Waals surface area contributed by atoms with E-state index in [1.807, 2.05) is 0 Å². The molecule has 0 aliphatic heterocycles. The standard InChI is InChI=1S/C20H27N3O5S2/c1-20(2,3)11-6-7-12-13(10-11)30-16(15(12)18(25)27-5)21-14(24)8-9-29-17-19(26)28-22-23(17)4/h11H,6-10H2,1-5H3,(H-,21,22,24,25,26)/p+1. The van der Waals surface area contributed by atoms with Crippen molar-refractivity contribution < 1.29 is 23.5 Å². The highest BCUT2D eigenvalue weighted by molar-refractivity contribution is 7.99. The lowest BCUT2D eigenvalue weighted by molar-refractivity contribution is -0.772. The fraction of sp³-hybridized carbons (Fsp3) is 0.600. The smallest absolute Gasteiger partial charge is 0.441 e. The van der Waals surface area contributed by atoms with Gasteiger partial charge < -0.3 is 10.1 Å². The van der Waals surface area contributed by atoms with E-state index in [0.717, 1.165) is 29.7 Å². The first-order valence-electron chi connectivity index (χ1n) is 9.84. The van der Waals surface area contributed by atoms with Crippen LogP contribution >= 0.6 is 23.1 Å². The Morgan fingerprint density at radius 1 is 1.40 bits per heavy atom. The van der Waals surface area contributed by atoms with Gasteiger partial charge in [0.2, 0.25) is 5.91 Å². The normalized spacial score (nSPS) is 16.2. The van der Waals surface area contributed by atoms with Crippen LogP contribution in [0.4, 0.5) is 5.00 Å². The molecule has 2 heterocycles. The number of hydrogen-bond acceptors (Lipinski definition) is 7. The van der Waals surface area contributed by atoms with E-state index in [1.54, 1.807) is 7.05 Å². The third-order valence-electron chi connectivity index (χ3n) is 5.45. The van der Waals surface area contributed by atoms with Crippen molar-refractivity contribution in [2.45, 2.75) is 51.5 Å². The highest BCUT2D eigenvalue weighted by Gasteiger charge is 2.34. The van der Waals surface area contributed by atoms with Crippen LogP contribution < -0.4 is 15.6 Å². The first kappa shape index (κ1) is 22.6. The first-order chi connectivity index (χ1) is 14.1. The van der Waals surface area contributed by atoms with E-state index in [-0.39, 0.29) is 17.7 Å². The molecule has 2 aromatic rings. The van der Waals surface area contributed by atoms with Crippen molar-refractivity contribution in [3.8, 4) is 0 Å². The third kappa shape index (κ3) is 4.80. The molecule has 164 valence electrons. The van der Waals surface area contributed by atoms with Gasteiger partial charge in [0.1, 0.15) is 5.00 Å². The molecule has 1 atom stereocenters. The van der Waals surface area contributed by atoms with Gasteiger partial charge in [-0.2, -0.15) is 0 Å². The molecule has 0 bridgehead atoms. The summed E-state index contributed by atoms with van der Waals surface area (Å²) in [6.07, 6.45) is 2.92. The van der Waals surface area contributed by atoms with Gasteiger partial charge in [-0.05, 0) is 53.2 Å². The molecule has 0 aromatic carbocycles. The number of carbonyl (C=O) groups excluding carboxylic acids is 2. The summed E-state index contributed by atoms with van der Waals surface area (Å²) in [6, 6.07) is 0. The van der Waals surface area contributed by atoms with E-state index < -0.39 is 11.6 Å². The Hall–Kier alpha value is -2.07. The predicted octanol–water partition coefficient (Wildman–Crippen LogP) is 2.91. The van der Waals surface area contributed by atoms with Gasteiger partial charge in [-0.1, -0.05) is 25.5 Å². The average molecular weight is 455 g/mol. The van der Waals surface area contributed by atoms with Crippen LogP contribution in [-0.2, 0) is 29.4 Å². The number of ether oxygens (including phenoxy) is 1. The lowest BCUT2D eigenvalue weighted by atomic mass is 9.72. The lowest BCUT2D eigenvalue weighted by Crippen LogP contribution is -2.33. The number of nitrogens with zero attached hydrogens (tertiary/aromatic N) is 1. The average Bonchev–Trinajstić information content (AvgIpc) is 3.19. The number of aromatic nitrogens is 2. The zero-order valence-electron chi connectivity index (χ0n) is 17.9. The fourth-order valence-corrected chi connectivity index (χ4v) is 5.85. The molecular formula is C20H28N3O5S2+. The molecule has 3 rings (SSSR count). The Labute approximate surface area is 183 Å². The van der Waals surface area contributed by atoms with Crippen LogP contribution in [0.15, 0.2) is 14.3 Å². The Kier molecular flexibility index (Phi) is 6.76. The van der Waals surface area contributed by atoms with Gasteiger partial charge in [0, 0.05) is 17.1 Å². The van der Waals surface area contributed by atoms with Crippen LogP contribution in [0.2, 0.25) is 0 Å². The molecule has 2 aromatic heterocycles. The number of thiophene rings is 1. The maximum Gasteiger partial charge on any atom is 0.441 e. The fourth-order valence-electron chi connectivity index (χ4n) is 3.65. The van der Waals surface area contributed by atoms with Crippen LogP contribution in [0.3, 0.4) is 0 Å². The van der Waals surface area contributed by atoms with Crippen LogP contribution in [-0.4, -0.2) is 30.0 Å². The molecule has 30 heavy (non-hydrogen) atoms. The van der Waals surface area contributed by atoms with Crippen LogP contribution in [0.1, 0.15) is 54.4 Å². The minimum absolute atomic E-state index is 0.189. The maximum absolute atomic E-state index is 12.5. The number of fused-ring (bicyclic) bond motifs is 1. The molecule has 0 radical (unpaired) electrons. The van der Waals surface area contributed by atoms with E-state index in [9.17, 15) is 14.4 Å². The minimum atomic E-state index is -0.463. The minimum Gasteiger partial charge on any atom is -0.465 e. The first-order valence-corrected chi connectivity index (χ1v) is 11.6. The molecule has 0 saturated carbocycles. The van der Waals surface area contributed by atoms with Crippen LogP contribution in [0.25, 0.3) is 0 Å². The number of esters is 1. The molecule has 1 aliphatic rings. The monoisotopic (exact) mass is 454 g/mol. The van der Waals surface area contributed by atoms with Crippen molar-refractivity contribution >= 4 is 40.0 Å². The van der Waals surface area contributed by atoms with E-state index in [4.69, 9.17) is 9.26 Å². The van der Waals surface area contributed by atoms with Crippen molar-refractivity contribution in [3.63, 3.8) is 0 Å². The van der Waals surface area contributed by atoms with Crippen molar-refractivity contribution in [2.24, 2.45) is 18.4 Å². The summed E-state index contributed by atoms with van der Waals surface area (Å²) in [5.74, 6) is 0.319. The second kappa shape index (κ2) is 8.97. The van der Waals surface area contributed by atoms with Gasteiger partial charge in [-0.25, -0.2) is 9.59 Å². The molecule has 8 nitrogen and oxygen atoms in total. The number of carbonyl (C=O) groups is 2. The largest absolute Gasteiger partial charge is 0.465 e. The number of anilines is 1. The number of rotatable bonds is 6. The Morgan fingerprint density at radius 2 is 2.13 bits per heavy atom. The number of hydrogen-bond donors (Lipinski definition) is 2. The van der Waals surface area contributed by atoms with E-state index in [0.29, 0.717) is 27.3 Å². The van der Waals surface area contributed by atoms with Crippen LogP contribution in [0.5, 0.6) is 0 Å². The second-order valence-corrected chi connectivity index (χ2v) is 10.7. The Bertz CT molecular complexity index is 999. The molecule has 1 aliphatic carbocycles. The van der Waals surface area contributed by atoms with Gasteiger partial charge in [-0.3, -0.25) is 9.32 Å². The zero-order valence-corrected chi connectivity index (χ0v) is 19.6. The van der Waals surface area contributed by atoms with E-state index in [1.165, 1.54) is 34.9 Å². The van der Waals surface area contributed by atoms with E-state index >= 15 is 0 Å². The summed E-state index contributed by atoms with van der Waals surface area (Å²) in [5.41, 5.74) is 1.22. The van der Waals surface area contributed by atoms with Crippen LogP contribution in [0, 0.1) is 11.3 Å². The van der Waals surface area contributed by atoms with Crippen molar-refractivity contribution in [1.82, 2.24) is 5.27 Å². The molecule has 1 amide bonds. The number of methoxy groups -OCH3 is 1. The molecular weight excluding hydrogens is 426 g/mol. The highest BCUT2D eigenvalue weighted by Crippen LogP contribution is 2.44. The quantitative estimate of drug-likeness (QED) is 0.395. The SMILES string of the molecule is COC(=O)c1c(NC(=O)CCSc2c(=O)o[nH][n+]2C)sc2c1CCC(C(C)(C)C)C2. The van der Waals surface area contributed by atoms with Crippen molar-refractivity contribution in [3.05, 3.63) is 26.4 Å². The van der Waals surface area contributed by atoms with Crippen molar-refractivity contribution in [2.75, 3.05) is 18.2 Å². The maximum atomic E-state index is 12.5. The number of nitrogens with one attached hydrogen (secondary N) is 2. The second-order valence-electron chi connectivity index (χ2n) is 8.50. The van der Waals surface area contributed by atoms with Gasteiger partial charge in [0.15, 0.2) is 7.05 Å². The molecule has 1 unspecified atom stereocenters. The number of amides is 1. The molecule has 10 heteroatoms. The Morgan fingerprint density at radius 3 is 2.73 bits per heavy atom. The summed E-state index contributed by atoms with van der Waals surface area (Å²) in [4.78, 5) is 37.7. The highest BCUT2D eigenvalue weighted by atomic mass is 32.2. The third-order valence-corrected chi connectivity index (χ3v) is 7.75. The summed E-state index contributed by atoms with van der Waals surface area (Å²) in [5, 5.41) is 6.30. The summed E-state index contributed by atoms with van der Waals surface area (Å²) < 4.78 is 11.2. The van der Waals surface area contributed by atoms with E-state index in [2.05, 4.69) is 31.4 Å². The van der Waals surface area contributed by atoms with Gasteiger partial charge in [0.25, 0.3) is 0 Å². The number of aryl methyl sites for hydroxylation is 1. The summed E-state index contributed by atoms with van der Waals surface area (Å²) >= 11 is 2.72. The van der Waals surface area contributed by atoms with Crippen molar-refractivity contribution in [1.29, 1.82) is 0 Å². The Balaban J connectivity index is 1.72. The number of thioether (sulfide) groups is 1. The summed E-state index contributed by atoms with van der Waals surface area (Å²) in [6.45, 7) is 6.72. The molecule has 2 N–H and O–H groups in total. The topological polar surface area (TPSA) is 105 Å². The lowest BCUT2D eigenvalue weighted by Gasteiger charge is -2.33.